The van der Waals surface area contributed by atoms with Gasteiger partial charge in [-0.1, -0.05) is 0 Å². The summed E-state index contributed by atoms with van der Waals surface area (Å²) in [6, 6.07) is 1.99. The van der Waals surface area contributed by atoms with Crippen molar-refractivity contribution in [3.8, 4) is 0 Å². The van der Waals surface area contributed by atoms with Crippen LogP contribution >= 0.6 is 15.9 Å². The Morgan fingerprint density at radius 1 is 1.35 bits per heavy atom. The van der Waals surface area contributed by atoms with Crippen LogP contribution in [0.4, 0.5) is 0 Å². The Labute approximate surface area is 110 Å². The van der Waals surface area contributed by atoms with Gasteiger partial charge in [-0.3, -0.25) is 4.98 Å². The van der Waals surface area contributed by atoms with E-state index < -0.39 is 10.0 Å². The average molecular weight is 322 g/mol. The van der Waals surface area contributed by atoms with Gasteiger partial charge < -0.3 is 5.32 Å². The zero-order valence-electron chi connectivity index (χ0n) is 9.61. The second kappa shape index (κ2) is 7.05. The molecule has 0 aromatic carbocycles. The van der Waals surface area contributed by atoms with Crippen LogP contribution in [0.5, 0.6) is 0 Å². The van der Waals surface area contributed by atoms with Crippen molar-refractivity contribution in [2.45, 2.75) is 13.0 Å². The fraction of sp³-hybridized carbons (Fsp3) is 0.500. The zero-order valence-corrected chi connectivity index (χ0v) is 12.0. The molecule has 1 rings (SSSR count). The number of pyridine rings is 1. The number of aromatic nitrogens is 1. The minimum absolute atomic E-state index is 0.461. The van der Waals surface area contributed by atoms with E-state index in [2.05, 4.69) is 31.0 Å². The van der Waals surface area contributed by atoms with Crippen molar-refractivity contribution in [3.05, 3.63) is 28.5 Å². The topological polar surface area (TPSA) is 71.1 Å². The summed E-state index contributed by atoms with van der Waals surface area (Å²) in [5, 5.41) is 3.22. The summed E-state index contributed by atoms with van der Waals surface area (Å²) in [6.45, 7) is 1.95. The molecular formula is C10H16BrN3O2S. The van der Waals surface area contributed by atoms with Gasteiger partial charge in [0.2, 0.25) is 10.0 Å². The van der Waals surface area contributed by atoms with Gasteiger partial charge in [0.1, 0.15) is 0 Å². The maximum absolute atomic E-state index is 10.8. The van der Waals surface area contributed by atoms with Crippen molar-refractivity contribution in [2.75, 3.05) is 19.3 Å². The Bertz CT molecular complexity index is 451. The number of rotatable bonds is 7. The molecule has 0 amide bonds. The lowest BCUT2D eigenvalue weighted by molar-refractivity contribution is 0.579. The third kappa shape index (κ3) is 7.43. The first kappa shape index (κ1) is 14.6. The molecule has 0 fully saturated rings. The highest BCUT2D eigenvalue weighted by Crippen LogP contribution is 2.08. The average Bonchev–Trinajstić information content (AvgIpc) is 2.22. The largest absolute Gasteiger partial charge is 0.313 e. The van der Waals surface area contributed by atoms with Crippen molar-refractivity contribution < 1.29 is 8.42 Å². The summed E-state index contributed by atoms with van der Waals surface area (Å²) in [5.41, 5.74) is 1.09. The number of hydrogen-bond donors (Lipinski definition) is 2. The molecule has 0 bridgehead atoms. The van der Waals surface area contributed by atoms with Crippen LogP contribution in [0, 0.1) is 0 Å². The standard InChI is InChI=1S/C10H16BrN3O2S/c1-17(15,16)14-4-2-3-12-6-9-5-10(11)8-13-7-9/h5,7-8,12,14H,2-4,6H2,1H3. The highest BCUT2D eigenvalue weighted by atomic mass is 79.9. The van der Waals surface area contributed by atoms with Crippen LogP contribution in [0.25, 0.3) is 0 Å². The van der Waals surface area contributed by atoms with Crippen molar-refractivity contribution in [3.63, 3.8) is 0 Å². The van der Waals surface area contributed by atoms with Crippen molar-refractivity contribution in [2.24, 2.45) is 0 Å². The number of sulfonamides is 1. The minimum Gasteiger partial charge on any atom is -0.313 e. The molecule has 1 aromatic rings. The van der Waals surface area contributed by atoms with Gasteiger partial charge in [-0.05, 0) is 40.5 Å². The minimum atomic E-state index is -3.06. The highest BCUT2D eigenvalue weighted by molar-refractivity contribution is 9.10. The molecule has 17 heavy (non-hydrogen) atoms. The van der Waals surface area contributed by atoms with Crippen LogP contribution in [-0.2, 0) is 16.6 Å². The SMILES string of the molecule is CS(=O)(=O)NCCCNCc1cncc(Br)c1. The quantitative estimate of drug-likeness (QED) is 0.731. The Morgan fingerprint density at radius 3 is 2.76 bits per heavy atom. The van der Waals surface area contributed by atoms with E-state index in [0.717, 1.165) is 35.8 Å². The van der Waals surface area contributed by atoms with Crippen molar-refractivity contribution in [1.82, 2.24) is 15.0 Å². The van der Waals surface area contributed by atoms with Crippen LogP contribution in [-0.4, -0.2) is 32.7 Å². The zero-order chi connectivity index (χ0) is 12.7. The monoisotopic (exact) mass is 321 g/mol. The highest BCUT2D eigenvalue weighted by Gasteiger charge is 1.98. The van der Waals surface area contributed by atoms with Crippen molar-refractivity contribution >= 4 is 26.0 Å². The van der Waals surface area contributed by atoms with E-state index in [0.29, 0.717) is 6.54 Å². The molecule has 2 N–H and O–H groups in total. The van der Waals surface area contributed by atoms with Crippen LogP contribution in [0.2, 0.25) is 0 Å². The Morgan fingerprint density at radius 2 is 2.12 bits per heavy atom. The van der Waals surface area contributed by atoms with E-state index in [9.17, 15) is 8.42 Å². The van der Waals surface area contributed by atoms with E-state index in [-0.39, 0.29) is 0 Å². The molecule has 5 nitrogen and oxygen atoms in total. The lowest BCUT2D eigenvalue weighted by atomic mass is 10.3. The van der Waals surface area contributed by atoms with Gasteiger partial charge in [0.15, 0.2) is 0 Å². The van der Waals surface area contributed by atoms with E-state index >= 15 is 0 Å². The molecule has 0 radical (unpaired) electrons. The fourth-order valence-corrected chi connectivity index (χ4v) is 2.18. The van der Waals surface area contributed by atoms with Gasteiger partial charge in [0.05, 0.1) is 6.26 Å². The van der Waals surface area contributed by atoms with Gasteiger partial charge in [0, 0.05) is 30.0 Å². The second-order valence-electron chi connectivity index (χ2n) is 3.71. The summed E-state index contributed by atoms with van der Waals surface area (Å²) >= 11 is 3.35. The summed E-state index contributed by atoms with van der Waals surface area (Å²) in [6.07, 6.45) is 5.45. The van der Waals surface area contributed by atoms with Crippen molar-refractivity contribution in [1.29, 1.82) is 0 Å². The van der Waals surface area contributed by atoms with Gasteiger partial charge in [-0.25, -0.2) is 13.1 Å². The predicted octanol–water partition coefficient (Wildman–Crippen LogP) is 0.873. The molecule has 0 spiro atoms. The Hall–Kier alpha value is -0.500. The molecule has 0 atom stereocenters. The third-order valence-electron chi connectivity index (χ3n) is 1.99. The lowest BCUT2D eigenvalue weighted by Gasteiger charge is -2.05. The summed E-state index contributed by atoms with van der Waals surface area (Å²) in [4.78, 5) is 4.05. The van der Waals surface area contributed by atoms with E-state index in [4.69, 9.17) is 0 Å². The van der Waals surface area contributed by atoms with Gasteiger partial charge in [-0.2, -0.15) is 0 Å². The van der Waals surface area contributed by atoms with Gasteiger partial charge in [-0.15, -0.1) is 0 Å². The third-order valence-corrected chi connectivity index (χ3v) is 3.15. The molecule has 96 valence electrons. The number of nitrogens with zero attached hydrogens (tertiary/aromatic N) is 1. The van der Waals surface area contributed by atoms with Crippen LogP contribution < -0.4 is 10.0 Å². The molecular weight excluding hydrogens is 306 g/mol. The first-order valence-corrected chi connectivity index (χ1v) is 7.90. The van der Waals surface area contributed by atoms with Crippen LogP contribution in [0.15, 0.2) is 22.9 Å². The first-order valence-electron chi connectivity index (χ1n) is 5.22. The number of nitrogens with one attached hydrogen (secondary N) is 2. The maximum Gasteiger partial charge on any atom is 0.208 e. The molecule has 0 aliphatic heterocycles. The molecule has 7 heteroatoms. The van der Waals surface area contributed by atoms with E-state index in [1.165, 1.54) is 0 Å². The molecule has 1 aromatic heterocycles. The fourth-order valence-electron chi connectivity index (χ4n) is 1.26. The smallest absolute Gasteiger partial charge is 0.208 e. The molecule has 0 aliphatic rings. The Balaban J connectivity index is 2.13. The number of halogens is 1. The molecule has 1 heterocycles. The normalized spacial score (nSPS) is 11.6. The maximum atomic E-state index is 10.8. The van der Waals surface area contributed by atoms with Gasteiger partial charge >= 0.3 is 0 Å². The second-order valence-corrected chi connectivity index (χ2v) is 6.46. The summed E-state index contributed by atoms with van der Waals surface area (Å²) < 4.78 is 25.0. The Kier molecular flexibility index (Phi) is 6.04. The molecule has 0 unspecified atom stereocenters. The van der Waals surface area contributed by atoms with E-state index in [1.807, 2.05) is 6.07 Å². The van der Waals surface area contributed by atoms with Crippen LogP contribution in [0.1, 0.15) is 12.0 Å². The van der Waals surface area contributed by atoms with E-state index in [1.54, 1.807) is 12.4 Å². The lowest BCUT2D eigenvalue weighted by Crippen LogP contribution is -2.26. The molecule has 0 aliphatic carbocycles. The number of hydrogen-bond acceptors (Lipinski definition) is 4. The molecule has 0 saturated carbocycles. The predicted molar refractivity (Wildman–Crippen MR) is 71.1 cm³/mol. The summed E-state index contributed by atoms with van der Waals surface area (Å²) in [5.74, 6) is 0. The summed E-state index contributed by atoms with van der Waals surface area (Å²) in [7, 11) is -3.06. The van der Waals surface area contributed by atoms with Gasteiger partial charge in [0.25, 0.3) is 0 Å². The molecule has 0 saturated heterocycles. The van der Waals surface area contributed by atoms with Crippen LogP contribution in [0.3, 0.4) is 0 Å². The first-order chi connectivity index (χ1) is 7.97.